The Morgan fingerprint density at radius 3 is 2.83 bits per heavy atom. The summed E-state index contributed by atoms with van der Waals surface area (Å²) >= 11 is 0. The molecule has 6 nitrogen and oxygen atoms in total. The Hall–Kier alpha value is -2.21. The predicted octanol–water partition coefficient (Wildman–Crippen LogP) is 2.49. The number of nitrogens with two attached hydrogens (primary N) is 1. The second-order valence-corrected chi connectivity index (χ2v) is 5.88. The number of ether oxygens (including phenoxy) is 1. The van der Waals surface area contributed by atoms with Gasteiger partial charge in [-0.05, 0) is 37.0 Å². The molecular formula is C17H24N4O2. The molecule has 0 aliphatic rings. The maximum atomic E-state index is 12.0. The van der Waals surface area contributed by atoms with Crippen molar-refractivity contribution >= 4 is 5.97 Å². The molecule has 2 rings (SSSR count). The van der Waals surface area contributed by atoms with Crippen LogP contribution in [0.2, 0.25) is 0 Å². The van der Waals surface area contributed by atoms with Gasteiger partial charge in [0.15, 0.2) is 0 Å². The quantitative estimate of drug-likeness (QED) is 0.793. The number of hydrogen-bond donors (Lipinski definition) is 1. The van der Waals surface area contributed by atoms with Crippen molar-refractivity contribution in [2.75, 3.05) is 6.61 Å². The third-order valence-corrected chi connectivity index (χ3v) is 3.40. The van der Waals surface area contributed by atoms with Crippen LogP contribution in [-0.2, 0) is 17.7 Å². The van der Waals surface area contributed by atoms with E-state index in [2.05, 4.69) is 24.2 Å². The molecule has 124 valence electrons. The Kier molecular flexibility index (Phi) is 5.87. The van der Waals surface area contributed by atoms with Crippen LogP contribution in [0.5, 0.6) is 0 Å². The lowest BCUT2D eigenvalue weighted by atomic mass is 10.1. The van der Waals surface area contributed by atoms with Crippen LogP contribution in [0, 0.1) is 5.92 Å². The SMILES string of the molecule is CCCOC(=O)c1cccc(-n2nnc(CN)c2CC(C)C)c1. The molecule has 0 saturated carbocycles. The van der Waals surface area contributed by atoms with Crippen LogP contribution in [0.1, 0.15) is 48.9 Å². The van der Waals surface area contributed by atoms with Gasteiger partial charge in [-0.25, -0.2) is 9.48 Å². The third-order valence-electron chi connectivity index (χ3n) is 3.40. The van der Waals surface area contributed by atoms with Gasteiger partial charge in [0.1, 0.15) is 0 Å². The second kappa shape index (κ2) is 7.87. The van der Waals surface area contributed by atoms with Gasteiger partial charge in [0.05, 0.1) is 29.2 Å². The molecule has 1 aromatic carbocycles. The van der Waals surface area contributed by atoms with E-state index in [4.69, 9.17) is 10.5 Å². The lowest BCUT2D eigenvalue weighted by molar-refractivity contribution is 0.0505. The van der Waals surface area contributed by atoms with Crippen molar-refractivity contribution < 1.29 is 9.53 Å². The standard InChI is InChI=1S/C17H24N4O2/c1-4-8-23-17(22)13-6-5-7-14(10-13)21-16(9-12(2)3)15(11-18)19-20-21/h5-7,10,12H,4,8-9,11,18H2,1-3H3. The smallest absolute Gasteiger partial charge is 0.338 e. The fourth-order valence-corrected chi connectivity index (χ4v) is 2.33. The minimum atomic E-state index is -0.321. The molecule has 2 N–H and O–H groups in total. The van der Waals surface area contributed by atoms with Gasteiger partial charge >= 0.3 is 5.97 Å². The minimum Gasteiger partial charge on any atom is -0.462 e. The zero-order chi connectivity index (χ0) is 16.8. The molecule has 0 spiro atoms. The lowest BCUT2D eigenvalue weighted by Gasteiger charge is -2.11. The van der Waals surface area contributed by atoms with Crippen molar-refractivity contribution in [1.82, 2.24) is 15.0 Å². The first-order chi connectivity index (χ1) is 11.1. The Bertz CT molecular complexity index is 664. The van der Waals surface area contributed by atoms with Crippen molar-refractivity contribution in [3.63, 3.8) is 0 Å². The zero-order valence-electron chi connectivity index (χ0n) is 14.0. The first kappa shape index (κ1) is 17.1. The van der Waals surface area contributed by atoms with Crippen molar-refractivity contribution in [3.8, 4) is 5.69 Å². The molecule has 0 aliphatic heterocycles. The summed E-state index contributed by atoms with van der Waals surface area (Å²) in [6.07, 6.45) is 1.62. The highest BCUT2D eigenvalue weighted by Crippen LogP contribution is 2.18. The molecule has 6 heteroatoms. The van der Waals surface area contributed by atoms with Crippen LogP contribution >= 0.6 is 0 Å². The van der Waals surface area contributed by atoms with E-state index in [-0.39, 0.29) is 5.97 Å². The van der Waals surface area contributed by atoms with E-state index in [1.807, 2.05) is 19.1 Å². The van der Waals surface area contributed by atoms with Crippen molar-refractivity contribution in [2.24, 2.45) is 11.7 Å². The van der Waals surface area contributed by atoms with E-state index in [1.165, 1.54) is 0 Å². The van der Waals surface area contributed by atoms with E-state index in [9.17, 15) is 4.79 Å². The maximum absolute atomic E-state index is 12.0. The summed E-state index contributed by atoms with van der Waals surface area (Å²) < 4.78 is 6.95. The highest BCUT2D eigenvalue weighted by Gasteiger charge is 2.16. The molecule has 0 unspecified atom stereocenters. The van der Waals surface area contributed by atoms with Crippen LogP contribution in [0.25, 0.3) is 5.69 Å². The predicted molar refractivity (Wildman–Crippen MR) is 88.4 cm³/mol. The van der Waals surface area contributed by atoms with Gasteiger partial charge < -0.3 is 10.5 Å². The molecule has 0 radical (unpaired) electrons. The molecule has 0 atom stereocenters. The third kappa shape index (κ3) is 4.16. The van der Waals surface area contributed by atoms with Crippen LogP contribution < -0.4 is 5.73 Å². The number of carbonyl (C=O) groups is 1. The Balaban J connectivity index is 2.35. The molecule has 2 aromatic rings. The monoisotopic (exact) mass is 316 g/mol. The number of esters is 1. The van der Waals surface area contributed by atoms with Crippen molar-refractivity contribution in [3.05, 3.63) is 41.2 Å². The maximum Gasteiger partial charge on any atom is 0.338 e. The van der Waals surface area contributed by atoms with Gasteiger partial charge in [-0.3, -0.25) is 0 Å². The lowest BCUT2D eigenvalue weighted by Crippen LogP contribution is -2.10. The molecule has 0 aliphatic carbocycles. The molecule has 1 heterocycles. The summed E-state index contributed by atoms with van der Waals surface area (Å²) in [5.74, 6) is 0.133. The number of benzene rings is 1. The summed E-state index contributed by atoms with van der Waals surface area (Å²) in [5.41, 5.74) is 8.84. The average Bonchev–Trinajstić information content (AvgIpc) is 2.94. The highest BCUT2D eigenvalue weighted by atomic mass is 16.5. The minimum absolute atomic E-state index is 0.321. The molecule has 1 aromatic heterocycles. The Morgan fingerprint density at radius 1 is 1.39 bits per heavy atom. The normalized spacial score (nSPS) is 11.0. The Morgan fingerprint density at radius 2 is 2.17 bits per heavy atom. The number of hydrogen-bond acceptors (Lipinski definition) is 5. The van der Waals surface area contributed by atoms with Crippen LogP contribution in [0.3, 0.4) is 0 Å². The number of aromatic nitrogens is 3. The average molecular weight is 316 g/mol. The molecular weight excluding hydrogens is 292 g/mol. The molecule has 0 bridgehead atoms. The second-order valence-electron chi connectivity index (χ2n) is 5.88. The number of carbonyl (C=O) groups excluding carboxylic acids is 1. The van der Waals surface area contributed by atoms with Gasteiger partial charge in [0, 0.05) is 6.54 Å². The highest BCUT2D eigenvalue weighted by molar-refractivity contribution is 5.90. The fourth-order valence-electron chi connectivity index (χ4n) is 2.33. The van der Waals surface area contributed by atoms with Crippen LogP contribution in [0.4, 0.5) is 0 Å². The largest absolute Gasteiger partial charge is 0.462 e. The van der Waals surface area contributed by atoms with Gasteiger partial charge in [-0.15, -0.1) is 5.10 Å². The van der Waals surface area contributed by atoms with E-state index >= 15 is 0 Å². The van der Waals surface area contributed by atoms with Crippen molar-refractivity contribution in [2.45, 2.75) is 40.2 Å². The molecule has 0 saturated heterocycles. The van der Waals surface area contributed by atoms with E-state index < -0.39 is 0 Å². The first-order valence-corrected chi connectivity index (χ1v) is 7.97. The van der Waals surface area contributed by atoms with Crippen LogP contribution in [-0.4, -0.2) is 27.6 Å². The number of rotatable bonds is 7. The number of nitrogens with zero attached hydrogens (tertiary/aromatic N) is 3. The van der Waals surface area contributed by atoms with Gasteiger partial charge in [0.25, 0.3) is 0 Å². The fraction of sp³-hybridized carbons (Fsp3) is 0.471. The van der Waals surface area contributed by atoms with Gasteiger partial charge in [-0.2, -0.15) is 0 Å². The van der Waals surface area contributed by atoms with E-state index in [0.29, 0.717) is 24.6 Å². The van der Waals surface area contributed by atoms with E-state index in [1.54, 1.807) is 16.8 Å². The van der Waals surface area contributed by atoms with Gasteiger partial charge in [-0.1, -0.05) is 32.1 Å². The zero-order valence-corrected chi connectivity index (χ0v) is 14.0. The topological polar surface area (TPSA) is 83.0 Å². The van der Waals surface area contributed by atoms with Gasteiger partial charge in [0.2, 0.25) is 0 Å². The summed E-state index contributed by atoms with van der Waals surface area (Å²) in [5, 5.41) is 8.37. The van der Waals surface area contributed by atoms with Crippen molar-refractivity contribution in [1.29, 1.82) is 0 Å². The summed E-state index contributed by atoms with van der Waals surface area (Å²) in [6, 6.07) is 7.23. The molecule has 0 fully saturated rings. The summed E-state index contributed by atoms with van der Waals surface area (Å²) in [7, 11) is 0. The summed E-state index contributed by atoms with van der Waals surface area (Å²) in [4.78, 5) is 12.0. The van der Waals surface area contributed by atoms with E-state index in [0.717, 1.165) is 29.9 Å². The Labute approximate surface area is 136 Å². The first-order valence-electron chi connectivity index (χ1n) is 7.97. The molecule has 23 heavy (non-hydrogen) atoms. The van der Waals surface area contributed by atoms with Crippen LogP contribution in [0.15, 0.2) is 24.3 Å². The molecule has 0 amide bonds. The summed E-state index contributed by atoms with van der Waals surface area (Å²) in [6.45, 7) is 7.00.